The van der Waals surface area contributed by atoms with Crippen LogP contribution in [-0.2, 0) is 27.0 Å². The van der Waals surface area contributed by atoms with E-state index in [9.17, 15) is 0 Å². The van der Waals surface area contributed by atoms with E-state index >= 15 is 0 Å². The first-order valence-electron chi connectivity index (χ1n) is 5.66. The molecule has 8 nitrogen and oxygen atoms in total. The van der Waals surface area contributed by atoms with Crippen LogP contribution in [0.1, 0.15) is 27.7 Å². The Morgan fingerprint density at radius 1 is 0.789 bits per heavy atom. The van der Waals surface area contributed by atoms with Crippen molar-refractivity contribution >= 4 is 25.5 Å². The van der Waals surface area contributed by atoms with Crippen LogP contribution in [0.3, 0.4) is 0 Å². The predicted molar refractivity (Wildman–Crippen MR) is 73.5 cm³/mol. The summed E-state index contributed by atoms with van der Waals surface area (Å²) >= 11 is 0. The number of rotatable bonds is 10. The Kier molecular flexibility index (Phi) is 19.3. The molecule has 2 N–H and O–H groups in total. The summed E-state index contributed by atoms with van der Waals surface area (Å²) in [7, 11) is -5.56. The molecule has 0 aromatic carbocycles. The van der Waals surface area contributed by atoms with Gasteiger partial charge in [0.15, 0.2) is 0 Å². The van der Waals surface area contributed by atoms with E-state index in [-0.39, 0.29) is 0 Å². The van der Waals surface area contributed by atoms with Gasteiger partial charge < -0.3 is 18.1 Å². The minimum Gasteiger partial charge on any atom is -0.312 e. The molecule has 11 heteroatoms. The molecule has 0 amide bonds. The van der Waals surface area contributed by atoms with E-state index in [2.05, 4.69) is 0 Å². The predicted octanol–water partition coefficient (Wildman–Crippen LogP) is 3.23. The molecule has 116 valence electrons. The van der Waals surface area contributed by atoms with E-state index in [0.29, 0.717) is 26.4 Å². The fraction of sp³-hybridized carbons (Fsp3) is 1.00. The van der Waals surface area contributed by atoms with E-state index in [1.54, 1.807) is 0 Å². The van der Waals surface area contributed by atoms with Crippen molar-refractivity contribution in [1.29, 1.82) is 0 Å². The maximum atomic E-state index is 8.70. The smallest absolute Gasteiger partial charge is 0.312 e. The minimum absolute atomic E-state index is 0.549. The molecule has 0 saturated heterocycles. The van der Waals surface area contributed by atoms with E-state index in [1.165, 1.54) is 0 Å². The van der Waals surface area contributed by atoms with Gasteiger partial charge in [-0.2, -0.15) is 0 Å². The average molecular weight is 339 g/mol. The van der Waals surface area contributed by atoms with Crippen LogP contribution in [0.2, 0.25) is 0 Å². The summed E-state index contributed by atoms with van der Waals surface area (Å²) in [6.45, 7) is 9.76. The fourth-order valence-electron chi connectivity index (χ4n) is 0.645. The Balaban J connectivity index is 0. The largest absolute Gasteiger partial charge is 0.692 e. The molecule has 0 rings (SSSR count). The topological polar surface area (TPSA) is 104 Å². The molecule has 0 aliphatic rings. The summed E-state index contributed by atoms with van der Waals surface area (Å²) in [5.41, 5.74) is 0. The summed E-state index contributed by atoms with van der Waals surface area (Å²) in [4.78, 5) is 14.2. The van der Waals surface area contributed by atoms with E-state index < -0.39 is 25.5 Å². The zero-order valence-corrected chi connectivity index (χ0v) is 14.2. The van der Waals surface area contributed by atoms with E-state index in [0.717, 1.165) is 0 Å². The Morgan fingerprint density at radius 2 is 1.00 bits per heavy atom. The van der Waals surface area contributed by atoms with Gasteiger partial charge in [-0.1, -0.05) is 0 Å². The maximum absolute atomic E-state index is 8.70. The third-order valence-electron chi connectivity index (χ3n) is 1.07. The summed E-state index contributed by atoms with van der Waals surface area (Å²) < 4.78 is 35.3. The zero-order chi connectivity index (χ0) is 15.1. The Morgan fingerprint density at radius 3 is 1.16 bits per heavy atom. The van der Waals surface area contributed by atoms with E-state index in [1.807, 2.05) is 27.7 Å². The molecule has 0 aromatic rings. The molecule has 0 heterocycles. The van der Waals surface area contributed by atoms with Gasteiger partial charge in [-0.05, 0) is 27.7 Å². The molecule has 19 heavy (non-hydrogen) atoms. The quantitative estimate of drug-likeness (QED) is 0.585. The SMILES string of the molecule is CCOP(OCC)OP(OCC)OCC.O=[P+](O)O. The third-order valence-corrected chi connectivity index (χ3v) is 4.01. The van der Waals surface area contributed by atoms with Crippen molar-refractivity contribution in [2.75, 3.05) is 26.4 Å². The van der Waals surface area contributed by atoms with Crippen molar-refractivity contribution in [2.45, 2.75) is 27.7 Å². The minimum atomic E-state index is -2.87. The van der Waals surface area contributed by atoms with Crippen LogP contribution in [0.25, 0.3) is 0 Å². The highest BCUT2D eigenvalue weighted by molar-refractivity contribution is 7.55. The molecule has 0 aliphatic carbocycles. The lowest BCUT2D eigenvalue weighted by atomic mass is 10.9. The zero-order valence-electron chi connectivity index (χ0n) is 11.5. The molecule has 0 saturated carbocycles. The van der Waals surface area contributed by atoms with Gasteiger partial charge in [0.05, 0.1) is 26.4 Å². The van der Waals surface area contributed by atoms with Gasteiger partial charge >= 0.3 is 25.5 Å². The standard InChI is InChI=1S/C8H20O5P2.HO3P/c1-5-9-14(10-6-2)13-15(11-7-3)12-8-4;1-4(2)3/h5-8H2,1-4H3;(H-,1,2,3)/p+1. The average Bonchev–Trinajstić information content (AvgIpc) is 2.29. The number of hydrogen-bond donors (Lipinski definition) is 2. The van der Waals surface area contributed by atoms with Gasteiger partial charge in [-0.25, -0.2) is 4.31 Å². The van der Waals surface area contributed by atoms with Gasteiger partial charge in [0.2, 0.25) is 0 Å². The summed E-state index contributed by atoms with van der Waals surface area (Å²) in [5, 5.41) is 0. The highest BCUT2D eigenvalue weighted by Crippen LogP contribution is 2.55. The lowest BCUT2D eigenvalue weighted by molar-refractivity contribution is 0.180. The molecule has 0 spiro atoms. The molecule has 0 bridgehead atoms. The highest BCUT2D eigenvalue weighted by Gasteiger charge is 2.21. The fourth-order valence-corrected chi connectivity index (χ4v) is 2.83. The Hall–Kier alpha value is 0.680. The van der Waals surface area contributed by atoms with Gasteiger partial charge in [0.25, 0.3) is 0 Å². The van der Waals surface area contributed by atoms with Gasteiger partial charge in [0, 0.05) is 4.57 Å². The first kappa shape index (κ1) is 22.0. The maximum Gasteiger partial charge on any atom is 0.692 e. The first-order valence-corrected chi connectivity index (χ1v) is 9.02. The molecular weight excluding hydrogens is 317 g/mol. The molecule has 0 aliphatic heterocycles. The molecule has 0 fully saturated rings. The van der Waals surface area contributed by atoms with Crippen molar-refractivity contribution in [3.63, 3.8) is 0 Å². The monoisotopic (exact) mass is 339 g/mol. The van der Waals surface area contributed by atoms with Crippen LogP contribution in [0.4, 0.5) is 0 Å². The third kappa shape index (κ3) is 18.7. The van der Waals surface area contributed by atoms with Crippen LogP contribution in [0.15, 0.2) is 0 Å². The second kappa shape index (κ2) is 16.7. The molecule has 0 unspecified atom stereocenters. The highest BCUT2D eigenvalue weighted by atomic mass is 31.2. The van der Waals surface area contributed by atoms with Gasteiger partial charge in [-0.3, -0.25) is 0 Å². The van der Waals surface area contributed by atoms with Crippen LogP contribution >= 0.6 is 25.5 Å². The summed E-state index contributed by atoms with van der Waals surface area (Å²) in [5.74, 6) is 0. The van der Waals surface area contributed by atoms with Crippen LogP contribution < -0.4 is 0 Å². The van der Waals surface area contributed by atoms with Crippen molar-refractivity contribution in [3.05, 3.63) is 0 Å². The second-order valence-electron chi connectivity index (χ2n) is 2.45. The van der Waals surface area contributed by atoms with Crippen molar-refractivity contribution < 1.29 is 36.8 Å². The molecular formula is C8H22O8P3+. The first-order chi connectivity index (χ1) is 9.01. The second-order valence-corrected chi connectivity index (χ2v) is 5.54. The molecule has 0 atom stereocenters. The van der Waals surface area contributed by atoms with Crippen molar-refractivity contribution in [1.82, 2.24) is 0 Å². The molecule has 0 radical (unpaired) electrons. The summed E-state index contributed by atoms with van der Waals surface area (Å²) in [6.07, 6.45) is 0. The van der Waals surface area contributed by atoms with Crippen molar-refractivity contribution in [2.24, 2.45) is 0 Å². The van der Waals surface area contributed by atoms with E-state index in [4.69, 9.17) is 36.8 Å². The normalized spacial score (nSPS) is 10.5. The van der Waals surface area contributed by atoms with Crippen LogP contribution in [-0.4, -0.2) is 36.2 Å². The lowest BCUT2D eigenvalue weighted by Crippen LogP contribution is -1.97. The van der Waals surface area contributed by atoms with Crippen LogP contribution in [0.5, 0.6) is 0 Å². The lowest BCUT2D eigenvalue weighted by Gasteiger charge is -2.19. The number of hydrogen-bond acceptors (Lipinski definition) is 6. The Bertz CT molecular complexity index is 178. The van der Waals surface area contributed by atoms with Crippen molar-refractivity contribution in [3.8, 4) is 0 Å². The van der Waals surface area contributed by atoms with Crippen LogP contribution in [0, 0.1) is 0 Å². The molecule has 0 aromatic heterocycles. The van der Waals surface area contributed by atoms with Gasteiger partial charge in [0.1, 0.15) is 0 Å². The Labute approximate surface area is 117 Å². The van der Waals surface area contributed by atoms with Gasteiger partial charge in [-0.15, -0.1) is 9.79 Å². The summed E-state index contributed by atoms with van der Waals surface area (Å²) in [6, 6.07) is 0.